The van der Waals surface area contributed by atoms with Crippen LogP contribution in [-0.2, 0) is 16.1 Å². The standard InChI is InChI=1S/C18H24N4O4S/c1-4-11(2)20-16(24)15-12(3)14-17(27-15)19-10-22(18(14)25)9-13(23)21-5-7-26-8-6-21/h10-11H,4-9H2,1-3H3,(H,20,24)/t11-/m0/s1. The van der Waals surface area contributed by atoms with Crippen LogP contribution < -0.4 is 10.9 Å². The Morgan fingerprint density at radius 2 is 2.07 bits per heavy atom. The predicted octanol–water partition coefficient (Wildman–Crippen LogP) is 1.15. The minimum Gasteiger partial charge on any atom is -0.378 e. The second-order valence-electron chi connectivity index (χ2n) is 6.69. The van der Waals surface area contributed by atoms with E-state index in [9.17, 15) is 14.4 Å². The molecule has 1 aliphatic rings. The van der Waals surface area contributed by atoms with Crippen LogP contribution in [0.5, 0.6) is 0 Å². The van der Waals surface area contributed by atoms with E-state index in [-0.39, 0.29) is 30.0 Å². The van der Waals surface area contributed by atoms with Crippen LogP contribution in [0.15, 0.2) is 11.1 Å². The summed E-state index contributed by atoms with van der Waals surface area (Å²) in [7, 11) is 0. The Morgan fingerprint density at radius 3 is 2.74 bits per heavy atom. The first kappa shape index (κ1) is 19.5. The number of amides is 2. The van der Waals surface area contributed by atoms with E-state index in [1.165, 1.54) is 22.2 Å². The quantitative estimate of drug-likeness (QED) is 0.824. The van der Waals surface area contributed by atoms with Gasteiger partial charge in [-0.15, -0.1) is 11.3 Å². The second kappa shape index (κ2) is 8.18. The molecule has 1 atom stereocenters. The lowest BCUT2D eigenvalue weighted by Gasteiger charge is -2.26. The molecule has 0 saturated carbocycles. The van der Waals surface area contributed by atoms with Crippen molar-refractivity contribution in [2.75, 3.05) is 26.3 Å². The zero-order chi connectivity index (χ0) is 19.6. The Kier molecular flexibility index (Phi) is 5.91. The molecule has 2 aromatic heterocycles. The minimum absolute atomic E-state index is 0.0536. The van der Waals surface area contributed by atoms with Gasteiger partial charge in [-0.2, -0.15) is 0 Å². The smallest absolute Gasteiger partial charge is 0.262 e. The van der Waals surface area contributed by atoms with E-state index in [2.05, 4.69) is 10.3 Å². The first-order valence-electron chi connectivity index (χ1n) is 9.07. The van der Waals surface area contributed by atoms with Crippen molar-refractivity contribution >= 4 is 33.4 Å². The summed E-state index contributed by atoms with van der Waals surface area (Å²) in [5.74, 6) is -0.329. The molecule has 0 unspecified atom stereocenters. The fraction of sp³-hybridized carbons (Fsp3) is 0.556. The fourth-order valence-corrected chi connectivity index (χ4v) is 3.98. The molecule has 0 bridgehead atoms. The largest absolute Gasteiger partial charge is 0.378 e. The van der Waals surface area contributed by atoms with E-state index < -0.39 is 0 Å². The maximum atomic E-state index is 12.9. The second-order valence-corrected chi connectivity index (χ2v) is 7.69. The Morgan fingerprint density at radius 1 is 1.37 bits per heavy atom. The van der Waals surface area contributed by atoms with Gasteiger partial charge in [0.15, 0.2) is 0 Å². The molecule has 2 amide bonds. The van der Waals surface area contributed by atoms with Crippen molar-refractivity contribution < 1.29 is 14.3 Å². The Hall–Kier alpha value is -2.26. The number of nitrogens with one attached hydrogen (secondary N) is 1. The zero-order valence-electron chi connectivity index (χ0n) is 15.8. The summed E-state index contributed by atoms with van der Waals surface area (Å²) in [5, 5.41) is 3.33. The van der Waals surface area contributed by atoms with Crippen LogP contribution in [0.25, 0.3) is 10.2 Å². The number of aryl methyl sites for hydroxylation is 1. The Bertz CT molecular complexity index is 914. The van der Waals surface area contributed by atoms with Gasteiger partial charge in [-0.05, 0) is 25.8 Å². The van der Waals surface area contributed by atoms with E-state index in [0.29, 0.717) is 47.0 Å². The van der Waals surface area contributed by atoms with Crippen molar-refractivity contribution in [1.82, 2.24) is 19.8 Å². The van der Waals surface area contributed by atoms with Gasteiger partial charge in [0.2, 0.25) is 5.91 Å². The Balaban J connectivity index is 1.88. The summed E-state index contributed by atoms with van der Waals surface area (Å²) < 4.78 is 6.56. The van der Waals surface area contributed by atoms with Gasteiger partial charge in [0.25, 0.3) is 11.5 Å². The molecule has 0 radical (unpaired) electrons. The number of hydrogen-bond donors (Lipinski definition) is 1. The lowest BCUT2D eigenvalue weighted by Crippen LogP contribution is -2.43. The lowest BCUT2D eigenvalue weighted by molar-refractivity contribution is -0.135. The van der Waals surface area contributed by atoms with Gasteiger partial charge in [0.05, 0.1) is 29.8 Å². The maximum absolute atomic E-state index is 12.9. The van der Waals surface area contributed by atoms with E-state index in [1.54, 1.807) is 11.8 Å². The summed E-state index contributed by atoms with van der Waals surface area (Å²) in [6.07, 6.45) is 2.21. The molecular weight excluding hydrogens is 368 g/mol. The van der Waals surface area contributed by atoms with Crippen molar-refractivity contribution in [3.8, 4) is 0 Å². The Labute approximate surface area is 161 Å². The first-order valence-corrected chi connectivity index (χ1v) is 9.89. The van der Waals surface area contributed by atoms with Crippen LogP contribution in [0.1, 0.15) is 35.5 Å². The number of carbonyl (C=O) groups is 2. The third-order valence-corrected chi connectivity index (χ3v) is 5.98. The summed E-state index contributed by atoms with van der Waals surface area (Å²) in [6.45, 7) is 7.69. The van der Waals surface area contributed by atoms with E-state index >= 15 is 0 Å². The molecule has 9 heteroatoms. The van der Waals surface area contributed by atoms with Crippen molar-refractivity contribution in [2.45, 2.75) is 39.8 Å². The average molecular weight is 392 g/mol. The van der Waals surface area contributed by atoms with Crippen LogP contribution in [0.4, 0.5) is 0 Å². The highest BCUT2D eigenvalue weighted by Gasteiger charge is 2.22. The number of thiophene rings is 1. The van der Waals surface area contributed by atoms with Gasteiger partial charge in [0, 0.05) is 19.1 Å². The summed E-state index contributed by atoms with van der Waals surface area (Å²) in [5.41, 5.74) is 0.319. The zero-order valence-corrected chi connectivity index (χ0v) is 16.6. The molecule has 3 rings (SSSR count). The van der Waals surface area contributed by atoms with Crippen LogP contribution in [0.3, 0.4) is 0 Å². The number of carbonyl (C=O) groups excluding carboxylic acids is 2. The molecule has 1 N–H and O–H groups in total. The fourth-order valence-electron chi connectivity index (χ4n) is 2.94. The number of hydrogen-bond acceptors (Lipinski definition) is 6. The van der Waals surface area contributed by atoms with Crippen LogP contribution in [-0.4, -0.2) is 58.6 Å². The van der Waals surface area contributed by atoms with Crippen molar-refractivity contribution in [3.05, 3.63) is 27.1 Å². The maximum Gasteiger partial charge on any atom is 0.262 e. The molecule has 1 fully saturated rings. The monoisotopic (exact) mass is 392 g/mol. The summed E-state index contributed by atoms with van der Waals surface area (Å²) in [4.78, 5) is 44.8. The molecule has 0 spiro atoms. The first-order chi connectivity index (χ1) is 12.9. The number of fused-ring (bicyclic) bond motifs is 1. The third-order valence-electron chi connectivity index (χ3n) is 4.78. The highest BCUT2D eigenvalue weighted by Crippen LogP contribution is 2.26. The third kappa shape index (κ3) is 4.03. The van der Waals surface area contributed by atoms with Gasteiger partial charge in [0.1, 0.15) is 11.4 Å². The molecular formula is C18H24N4O4S. The molecule has 0 aliphatic carbocycles. The minimum atomic E-state index is -0.294. The van der Waals surface area contributed by atoms with Gasteiger partial charge in [-0.25, -0.2) is 4.98 Å². The van der Waals surface area contributed by atoms with Crippen molar-refractivity contribution in [3.63, 3.8) is 0 Å². The van der Waals surface area contributed by atoms with Gasteiger partial charge in [-0.3, -0.25) is 19.0 Å². The van der Waals surface area contributed by atoms with Crippen LogP contribution >= 0.6 is 11.3 Å². The van der Waals surface area contributed by atoms with Gasteiger partial charge in [-0.1, -0.05) is 6.92 Å². The molecule has 3 heterocycles. The molecule has 0 aromatic carbocycles. The van der Waals surface area contributed by atoms with Crippen LogP contribution in [0.2, 0.25) is 0 Å². The number of nitrogens with zero attached hydrogens (tertiary/aromatic N) is 3. The summed E-state index contributed by atoms with van der Waals surface area (Å²) >= 11 is 1.21. The average Bonchev–Trinajstić information content (AvgIpc) is 3.02. The molecule has 1 saturated heterocycles. The van der Waals surface area contributed by atoms with E-state index in [1.807, 2.05) is 13.8 Å². The molecule has 27 heavy (non-hydrogen) atoms. The number of ether oxygens (including phenoxy) is 1. The van der Waals surface area contributed by atoms with Crippen LogP contribution in [0, 0.1) is 6.92 Å². The highest BCUT2D eigenvalue weighted by atomic mass is 32.1. The predicted molar refractivity (Wildman–Crippen MR) is 103 cm³/mol. The van der Waals surface area contributed by atoms with E-state index in [0.717, 1.165) is 6.42 Å². The highest BCUT2D eigenvalue weighted by molar-refractivity contribution is 7.20. The molecule has 146 valence electrons. The topological polar surface area (TPSA) is 93.5 Å². The molecule has 2 aromatic rings. The number of rotatable bonds is 5. The SMILES string of the molecule is CC[C@H](C)NC(=O)c1sc2ncn(CC(=O)N3CCOCC3)c(=O)c2c1C. The van der Waals surface area contributed by atoms with Crippen molar-refractivity contribution in [2.24, 2.45) is 0 Å². The lowest BCUT2D eigenvalue weighted by atomic mass is 10.2. The van der Waals surface area contributed by atoms with Gasteiger partial charge >= 0.3 is 0 Å². The normalized spacial score (nSPS) is 15.7. The van der Waals surface area contributed by atoms with E-state index in [4.69, 9.17) is 4.74 Å². The molecule has 1 aliphatic heterocycles. The number of morpholine rings is 1. The van der Waals surface area contributed by atoms with Gasteiger partial charge < -0.3 is 15.0 Å². The molecule has 8 nitrogen and oxygen atoms in total. The van der Waals surface area contributed by atoms with Crippen molar-refractivity contribution in [1.29, 1.82) is 0 Å². The summed E-state index contributed by atoms with van der Waals surface area (Å²) in [6, 6.07) is 0.0536. The number of aromatic nitrogens is 2.